The number of likely N-dealkylation sites (N-methyl/N-ethyl adjacent to an activating group) is 1. The molecule has 1 aromatic carbocycles. The lowest BCUT2D eigenvalue weighted by atomic mass is 9.96. The van der Waals surface area contributed by atoms with Gasteiger partial charge in [0.2, 0.25) is 0 Å². The van der Waals surface area contributed by atoms with Gasteiger partial charge in [0, 0.05) is 6.04 Å². The van der Waals surface area contributed by atoms with Gasteiger partial charge in [-0.2, -0.15) is 0 Å². The monoisotopic (exact) mass is 245 g/mol. The van der Waals surface area contributed by atoms with Crippen LogP contribution in [-0.4, -0.2) is 12.6 Å². The largest absolute Gasteiger partial charge is 0.314 e. The maximum absolute atomic E-state index is 3.68. The van der Waals surface area contributed by atoms with Gasteiger partial charge in [-0.25, -0.2) is 0 Å². The van der Waals surface area contributed by atoms with Crippen molar-refractivity contribution >= 4 is 0 Å². The molecule has 0 aromatic heterocycles. The molecule has 2 atom stereocenters. The third kappa shape index (κ3) is 3.14. The van der Waals surface area contributed by atoms with Crippen LogP contribution in [0.1, 0.15) is 45.2 Å². The van der Waals surface area contributed by atoms with Crippen molar-refractivity contribution in [1.29, 1.82) is 0 Å². The third-order valence-electron chi connectivity index (χ3n) is 4.43. The first-order chi connectivity index (χ1) is 8.56. The zero-order valence-corrected chi connectivity index (χ0v) is 12.3. The van der Waals surface area contributed by atoms with E-state index in [1.165, 1.54) is 24.0 Å². The van der Waals surface area contributed by atoms with E-state index in [1.807, 2.05) is 0 Å². The Morgan fingerprint density at radius 3 is 2.17 bits per heavy atom. The molecule has 0 saturated heterocycles. The zero-order valence-electron chi connectivity index (χ0n) is 12.3. The molecule has 2 rings (SSSR count). The Morgan fingerprint density at radius 1 is 1.17 bits per heavy atom. The molecule has 2 unspecified atom stereocenters. The van der Waals surface area contributed by atoms with Gasteiger partial charge in [-0.15, -0.1) is 0 Å². The van der Waals surface area contributed by atoms with Crippen LogP contribution >= 0.6 is 0 Å². The van der Waals surface area contributed by atoms with Crippen LogP contribution in [0.15, 0.2) is 24.3 Å². The number of rotatable bonds is 6. The molecule has 0 radical (unpaired) electrons. The van der Waals surface area contributed by atoms with Gasteiger partial charge in [0.25, 0.3) is 0 Å². The van der Waals surface area contributed by atoms with Crippen molar-refractivity contribution in [2.24, 2.45) is 11.3 Å². The number of aryl methyl sites for hydroxylation is 1. The highest BCUT2D eigenvalue weighted by Crippen LogP contribution is 2.54. The van der Waals surface area contributed by atoms with E-state index in [9.17, 15) is 0 Å². The van der Waals surface area contributed by atoms with Crippen LogP contribution in [0.2, 0.25) is 0 Å². The van der Waals surface area contributed by atoms with Crippen LogP contribution in [0.5, 0.6) is 0 Å². The molecule has 1 fully saturated rings. The summed E-state index contributed by atoms with van der Waals surface area (Å²) in [6.45, 7) is 10.3. The minimum atomic E-state index is 0.552. The van der Waals surface area contributed by atoms with Crippen molar-refractivity contribution in [1.82, 2.24) is 5.32 Å². The molecule has 1 N–H and O–H groups in total. The second-order valence-corrected chi connectivity index (χ2v) is 6.34. The Labute approximate surface area is 112 Å². The predicted molar refractivity (Wildman–Crippen MR) is 78.9 cm³/mol. The van der Waals surface area contributed by atoms with Crippen molar-refractivity contribution in [3.8, 4) is 0 Å². The first-order valence-electron chi connectivity index (χ1n) is 7.38. The van der Waals surface area contributed by atoms with E-state index in [-0.39, 0.29) is 0 Å². The number of hydrogen-bond donors (Lipinski definition) is 1. The molecule has 0 aliphatic heterocycles. The van der Waals surface area contributed by atoms with Gasteiger partial charge in [0.05, 0.1) is 0 Å². The Kier molecular flexibility index (Phi) is 4.11. The smallest absolute Gasteiger partial charge is 0.0141 e. The molecule has 1 aromatic rings. The van der Waals surface area contributed by atoms with E-state index in [0.717, 1.165) is 18.9 Å². The molecule has 0 spiro atoms. The molecule has 0 heterocycles. The predicted octanol–water partition coefficient (Wildman–Crippen LogP) is 3.82. The van der Waals surface area contributed by atoms with E-state index in [4.69, 9.17) is 0 Å². The van der Waals surface area contributed by atoms with E-state index >= 15 is 0 Å². The Morgan fingerprint density at radius 2 is 1.72 bits per heavy atom. The average Bonchev–Trinajstić information content (AvgIpc) is 2.99. The number of nitrogens with one attached hydrogen (secondary N) is 1. The fraction of sp³-hybridized carbons (Fsp3) is 0.647. The molecule has 1 saturated carbocycles. The molecule has 18 heavy (non-hydrogen) atoms. The van der Waals surface area contributed by atoms with E-state index < -0.39 is 0 Å². The topological polar surface area (TPSA) is 12.0 Å². The SMILES string of the molecule is CCNC(Cc1ccc(CC)cc1)C1CC1(C)C. The molecule has 0 bridgehead atoms. The van der Waals surface area contributed by atoms with E-state index in [1.54, 1.807) is 0 Å². The van der Waals surface area contributed by atoms with Gasteiger partial charge in [-0.05, 0) is 48.3 Å². The van der Waals surface area contributed by atoms with Crippen molar-refractivity contribution < 1.29 is 0 Å². The van der Waals surface area contributed by atoms with Gasteiger partial charge in [0.1, 0.15) is 0 Å². The molecule has 1 heteroatoms. The Balaban J connectivity index is 1.99. The summed E-state index contributed by atoms with van der Waals surface area (Å²) in [6, 6.07) is 9.81. The standard InChI is InChI=1S/C17H27N/c1-5-13-7-9-14(10-8-13)11-16(18-6-2)15-12-17(15,3)4/h7-10,15-16,18H,5-6,11-12H2,1-4H3. The maximum Gasteiger partial charge on any atom is 0.0141 e. The highest BCUT2D eigenvalue weighted by molar-refractivity contribution is 5.24. The lowest BCUT2D eigenvalue weighted by Crippen LogP contribution is -2.34. The van der Waals surface area contributed by atoms with Crippen LogP contribution in [0, 0.1) is 11.3 Å². The van der Waals surface area contributed by atoms with Gasteiger partial charge in [-0.3, -0.25) is 0 Å². The molecular formula is C17H27N. The number of hydrogen-bond acceptors (Lipinski definition) is 1. The van der Waals surface area contributed by atoms with Crippen LogP contribution in [0.4, 0.5) is 0 Å². The lowest BCUT2D eigenvalue weighted by molar-refractivity contribution is 0.409. The summed E-state index contributed by atoms with van der Waals surface area (Å²) in [7, 11) is 0. The van der Waals surface area contributed by atoms with Gasteiger partial charge in [-0.1, -0.05) is 52.0 Å². The average molecular weight is 245 g/mol. The fourth-order valence-corrected chi connectivity index (χ4v) is 2.98. The van der Waals surface area contributed by atoms with Crippen LogP contribution in [-0.2, 0) is 12.8 Å². The summed E-state index contributed by atoms with van der Waals surface area (Å²) in [6.07, 6.45) is 3.68. The van der Waals surface area contributed by atoms with E-state index in [2.05, 4.69) is 57.3 Å². The van der Waals surface area contributed by atoms with Crippen molar-refractivity contribution in [2.75, 3.05) is 6.54 Å². The first-order valence-corrected chi connectivity index (χ1v) is 7.38. The van der Waals surface area contributed by atoms with Crippen molar-refractivity contribution in [2.45, 2.75) is 53.0 Å². The van der Waals surface area contributed by atoms with Crippen molar-refractivity contribution in [3.05, 3.63) is 35.4 Å². The highest BCUT2D eigenvalue weighted by atomic mass is 14.9. The van der Waals surface area contributed by atoms with Crippen LogP contribution < -0.4 is 5.32 Å². The van der Waals surface area contributed by atoms with E-state index in [0.29, 0.717) is 11.5 Å². The molecular weight excluding hydrogens is 218 g/mol. The van der Waals surface area contributed by atoms with Crippen LogP contribution in [0.3, 0.4) is 0 Å². The minimum absolute atomic E-state index is 0.552. The third-order valence-corrected chi connectivity index (χ3v) is 4.43. The number of benzene rings is 1. The van der Waals surface area contributed by atoms with Gasteiger partial charge < -0.3 is 5.32 Å². The normalized spacial score (nSPS) is 22.8. The fourth-order valence-electron chi connectivity index (χ4n) is 2.98. The first kappa shape index (κ1) is 13.6. The summed E-state index contributed by atoms with van der Waals surface area (Å²) < 4.78 is 0. The minimum Gasteiger partial charge on any atom is -0.314 e. The Hall–Kier alpha value is -0.820. The lowest BCUT2D eigenvalue weighted by Gasteiger charge is -2.20. The van der Waals surface area contributed by atoms with Gasteiger partial charge in [0.15, 0.2) is 0 Å². The Bertz CT molecular complexity index is 377. The zero-order chi connectivity index (χ0) is 13.2. The quantitative estimate of drug-likeness (QED) is 0.803. The summed E-state index contributed by atoms with van der Waals surface area (Å²) >= 11 is 0. The maximum atomic E-state index is 3.68. The molecule has 1 aliphatic carbocycles. The molecule has 1 nitrogen and oxygen atoms in total. The summed E-state index contributed by atoms with van der Waals surface area (Å²) in [5.41, 5.74) is 3.46. The summed E-state index contributed by atoms with van der Waals surface area (Å²) in [4.78, 5) is 0. The second-order valence-electron chi connectivity index (χ2n) is 6.34. The van der Waals surface area contributed by atoms with Gasteiger partial charge >= 0.3 is 0 Å². The molecule has 100 valence electrons. The second kappa shape index (κ2) is 5.44. The van der Waals surface area contributed by atoms with Crippen LogP contribution in [0.25, 0.3) is 0 Å². The summed E-state index contributed by atoms with van der Waals surface area (Å²) in [5.74, 6) is 0.850. The van der Waals surface area contributed by atoms with Crippen molar-refractivity contribution in [3.63, 3.8) is 0 Å². The molecule has 0 amide bonds. The molecule has 1 aliphatic rings. The summed E-state index contributed by atoms with van der Waals surface area (Å²) in [5, 5.41) is 3.68. The highest BCUT2D eigenvalue weighted by Gasteiger charge is 2.49.